The number of hydrogen-bond donors (Lipinski definition) is 3. The Labute approximate surface area is 176 Å². The summed E-state index contributed by atoms with van der Waals surface area (Å²) in [6.45, 7) is 2.70. The van der Waals surface area contributed by atoms with Gasteiger partial charge in [-0.1, -0.05) is 35.9 Å². The third-order valence-corrected chi connectivity index (χ3v) is 5.15. The van der Waals surface area contributed by atoms with E-state index in [9.17, 15) is 12.8 Å². The highest BCUT2D eigenvalue weighted by Gasteiger charge is 2.12. The van der Waals surface area contributed by atoms with Gasteiger partial charge in [-0.3, -0.25) is 4.99 Å². The molecule has 0 saturated heterocycles. The topological polar surface area (TPSA) is 82.6 Å². The second kappa shape index (κ2) is 11.2. The summed E-state index contributed by atoms with van der Waals surface area (Å²) in [5.74, 6) is 0.170. The zero-order chi connectivity index (χ0) is 19.0. The Morgan fingerprint density at radius 2 is 1.70 bits per heavy atom. The van der Waals surface area contributed by atoms with Crippen molar-refractivity contribution in [1.29, 1.82) is 0 Å². The second-order valence-corrected chi connectivity index (χ2v) is 7.42. The van der Waals surface area contributed by atoms with E-state index in [1.807, 2.05) is 6.92 Å². The van der Waals surface area contributed by atoms with Gasteiger partial charge in [0, 0.05) is 32.2 Å². The molecule has 3 N–H and O–H groups in total. The lowest BCUT2D eigenvalue weighted by Gasteiger charge is -2.13. The van der Waals surface area contributed by atoms with E-state index >= 15 is 0 Å². The third-order valence-electron chi connectivity index (χ3n) is 3.67. The molecule has 0 aliphatic rings. The summed E-state index contributed by atoms with van der Waals surface area (Å²) in [4.78, 5) is 4.26. The zero-order valence-electron chi connectivity index (χ0n) is 15.2. The normalized spacial score (nSPS) is 11.6. The lowest BCUT2D eigenvalue weighted by Crippen LogP contribution is -2.41. The summed E-state index contributed by atoms with van der Waals surface area (Å²) < 4.78 is 40.5. The van der Waals surface area contributed by atoms with Crippen LogP contribution >= 0.6 is 24.0 Å². The van der Waals surface area contributed by atoms with Gasteiger partial charge in [0.25, 0.3) is 0 Å². The highest BCUT2D eigenvalue weighted by atomic mass is 127. The second-order valence-electron chi connectivity index (χ2n) is 5.65. The first kappa shape index (κ1) is 23.3. The summed E-state index contributed by atoms with van der Waals surface area (Å²) >= 11 is 0. The Balaban J connectivity index is 0.00000364. The van der Waals surface area contributed by atoms with Crippen molar-refractivity contribution in [1.82, 2.24) is 15.4 Å². The first-order chi connectivity index (χ1) is 12.4. The molecule has 0 unspecified atom stereocenters. The molecule has 2 aromatic carbocycles. The van der Waals surface area contributed by atoms with Gasteiger partial charge in [-0.25, -0.2) is 17.5 Å². The molecule has 0 spiro atoms. The van der Waals surface area contributed by atoms with Crippen LogP contribution in [-0.2, 0) is 16.6 Å². The van der Waals surface area contributed by atoms with Gasteiger partial charge in [-0.05, 0) is 25.1 Å². The van der Waals surface area contributed by atoms with Crippen LogP contribution in [0.4, 0.5) is 4.39 Å². The molecule has 148 valence electrons. The Hall–Kier alpha value is -1.72. The van der Waals surface area contributed by atoms with Crippen molar-refractivity contribution in [2.24, 2.45) is 4.99 Å². The minimum atomic E-state index is -3.54. The van der Waals surface area contributed by atoms with Crippen LogP contribution < -0.4 is 15.4 Å². The van der Waals surface area contributed by atoms with Crippen molar-refractivity contribution in [2.45, 2.75) is 18.4 Å². The number of aliphatic imine (C=N–C) groups is 1. The SMILES string of the molecule is CN=C(NCCNS(=O)(=O)c1ccc(C)cc1)NCc1ccccc1F.I. The summed E-state index contributed by atoms with van der Waals surface area (Å²) in [6, 6.07) is 13.1. The van der Waals surface area contributed by atoms with E-state index in [0.717, 1.165) is 5.56 Å². The zero-order valence-corrected chi connectivity index (χ0v) is 18.3. The Morgan fingerprint density at radius 1 is 1.04 bits per heavy atom. The number of nitrogens with zero attached hydrogens (tertiary/aromatic N) is 1. The van der Waals surface area contributed by atoms with Crippen LogP contribution in [0.2, 0.25) is 0 Å². The van der Waals surface area contributed by atoms with Gasteiger partial charge < -0.3 is 10.6 Å². The fourth-order valence-electron chi connectivity index (χ4n) is 2.21. The Bertz CT molecular complexity index is 858. The van der Waals surface area contributed by atoms with E-state index in [1.54, 1.807) is 49.5 Å². The first-order valence-electron chi connectivity index (χ1n) is 8.16. The molecule has 0 fully saturated rings. The van der Waals surface area contributed by atoms with Gasteiger partial charge in [-0.15, -0.1) is 24.0 Å². The van der Waals surface area contributed by atoms with Gasteiger partial charge in [0.05, 0.1) is 4.90 Å². The maximum atomic E-state index is 13.6. The van der Waals surface area contributed by atoms with Gasteiger partial charge in [0.2, 0.25) is 10.0 Å². The van der Waals surface area contributed by atoms with Crippen molar-refractivity contribution in [3.05, 3.63) is 65.5 Å². The predicted molar refractivity (Wildman–Crippen MR) is 116 cm³/mol. The smallest absolute Gasteiger partial charge is 0.240 e. The molecular formula is C18H24FIN4O2S. The Morgan fingerprint density at radius 3 is 2.33 bits per heavy atom. The van der Waals surface area contributed by atoms with Crippen LogP contribution in [-0.4, -0.2) is 34.5 Å². The molecule has 2 rings (SSSR count). The van der Waals surface area contributed by atoms with Crippen LogP contribution in [0.1, 0.15) is 11.1 Å². The number of halogens is 2. The minimum absolute atomic E-state index is 0. The molecule has 0 aliphatic carbocycles. The molecule has 0 atom stereocenters. The van der Waals surface area contributed by atoms with Gasteiger partial charge >= 0.3 is 0 Å². The third kappa shape index (κ3) is 7.43. The van der Waals surface area contributed by atoms with E-state index in [4.69, 9.17) is 0 Å². The van der Waals surface area contributed by atoms with Crippen LogP contribution in [0.25, 0.3) is 0 Å². The molecule has 0 bridgehead atoms. The van der Waals surface area contributed by atoms with Crippen LogP contribution in [0.5, 0.6) is 0 Å². The monoisotopic (exact) mass is 506 g/mol. The summed E-state index contributed by atoms with van der Waals surface area (Å²) in [6.07, 6.45) is 0. The number of rotatable bonds is 7. The molecular weight excluding hydrogens is 482 g/mol. The van der Waals surface area contributed by atoms with E-state index in [0.29, 0.717) is 18.1 Å². The maximum Gasteiger partial charge on any atom is 0.240 e. The first-order valence-corrected chi connectivity index (χ1v) is 9.65. The standard InChI is InChI=1S/C18H23FN4O2S.HI/c1-14-7-9-16(10-8-14)26(24,25)23-12-11-21-18(20-2)22-13-15-5-3-4-6-17(15)19;/h3-10,23H,11-13H2,1-2H3,(H2,20,21,22);1H. The molecule has 2 aromatic rings. The average molecular weight is 506 g/mol. The van der Waals surface area contributed by atoms with E-state index < -0.39 is 10.0 Å². The molecule has 6 nitrogen and oxygen atoms in total. The molecule has 9 heteroatoms. The maximum absolute atomic E-state index is 13.6. The number of sulfonamides is 1. The highest BCUT2D eigenvalue weighted by Crippen LogP contribution is 2.09. The molecule has 0 heterocycles. The van der Waals surface area contributed by atoms with Crippen molar-refractivity contribution in [3.8, 4) is 0 Å². The van der Waals surface area contributed by atoms with Crippen LogP contribution in [0, 0.1) is 12.7 Å². The summed E-state index contributed by atoms with van der Waals surface area (Å²) in [7, 11) is -1.95. The number of benzene rings is 2. The lowest BCUT2D eigenvalue weighted by atomic mass is 10.2. The average Bonchev–Trinajstić information content (AvgIpc) is 2.62. The number of hydrogen-bond acceptors (Lipinski definition) is 3. The fraction of sp³-hybridized carbons (Fsp3) is 0.278. The fourth-order valence-corrected chi connectivity index (χ4v) is 3.24. The van der Waals surface area contributed by atoms with Crippen LogP contribution in [0.15, 0.2) is 58.4 Å². The molecule has 27 heavy (non-hydrogen) atoms. The highest BCUT2D eigenvalue weighted by molar-refractivity contribution is 14.0. The molecule has 0 aromatic heterocycles. The van der Waals surface area contributed by atoms with E-state index in [2.05, 4.69) is 20.3 Å². The van der Waals surface area contributed by atoms with Crippen LogP contribution in [0.3, 0.4) is 0 Å². The minimum Gasteiger partial charge on any atom is -0.355 e. The lowest BCUT2D eigenvalue weighted by molar-refractivity contribution is 0.580. The molecule has 0 aliphatic heterocycles. The quantitative estimate of drug-likeness (QED) is 0.233. The molecule has 0 saturated carbocycles. The number of guanidine groups is 1. The van der Waals surface area contributed by atoms with E-state index in [1.165, 1.54) is 6.07 Å². The summed E-state index contributed by atoms with van der Waals surface area (Å²) in [5, 5.41) is 5.97. The largest absolute Gasteiger partial charge is 0.355 e. The summed E-state index contributed by atoms with van der Waals surface area (Å²) in [5.41, 5.74) is 1.52. The van der Waals surface area contributed by atoms with Crippen molar-refractivity contribution >= 4 is 40.0 Å². The van der Waals surface area contributed by atoms with Crippen molar-refractivity contribution in [2.75, 3.05) is 20.1 Å². The predicted octanol–water partition coefficient (Wildman–Crippen LogP) is 2.40. The van der Waals surface area contributed by atoms with Gasteiger partial charge in [0.15, 0.2) is 5.96 Å². The number of aryl methyl sites for hydroxylation is 1. The van der Waals surface area contributed by atoms with E-state index in [-0.39, 0.29) is 47.8 Å². The van der Waals surface area contributed by atoms with Gasteiger partial charge in [-0.2, -0.15) is 0 Å². The van der Waals surface area contributed by atoms with Crippen molar-refractivity contribution < 1.29 is 12.8 Å². The van der Waals surface area contributed by atoms with Crippen molar-refractivity contribution in [3.63, 3.8) is 0 Å². The van der Waals surface area contributed by atoms with Gasteiger partial charge in [0.1, 0.15) is 5.82 Å². The molecule has 0 radical (unpaired) electrons. The number of nitrogens with one attached hydrogen (secondary N) is 3. The molecule has 0 amide bonds. The Kier molecular flexibility index (Phi) is 9.67.